The molecular formula is C15H20N2O3S2. The maximum atomic E-state index is 12.8. The number of thiophene rings is 1. The van der Waals surface area contributed by atoms with Crippen LogP contribution in [-0.4, -0.2) is 28.4 Å². The van der Waals surface area contributed by atoms with Crippen LogP contribution in [0.3, 0.4) is 0 Å². The van der Waals surface area contributed by atoms with Crippen molar-refractivity contribution in [1.29, 1.82) is 0 Å². The highest BCUT2D eigenvalue weighted by Crippen LogP contribution is 2.29. The fraction of sp³-hybridized carbons (Fsp3) is 0.533. The number of aromatic nitrogens is 2. The van der Waals surface area contributed by atoms with Crippen molar-refractivity contribution >= 4 is 39.3 Å². The molecule has 120 valence electrons. The number of carbonyl (C=O) groups excluding carboxylic acids is 1. The molecule has 5 nitrogen and oxygen atoms in total. The standard InChI is InChI=1S/C15H20N2O3S2/c1-8(2)17-14(19)12-9(3)10(4)22-13(12)16-15(17)21-7-6-11(18)20-5/h8H,6-7H2,1-5H3. The van der Waals surface area contributed by atoms with Crippen LogP contribution in [0.15, 0.2) is 9.95 Å². The van der Waals surface area contributed by atoms with E-state index in [1.807, 2.05) is 27.7 Å². The largest absolute Gasteiger partial charge is 0.469 e. The topological polar surface area (TPSA) is 61.2 Å². The van der Waals surface area contributed by atoms with Crippen LogP contribution >= 0.6 is 23.1 Å². The lowest BCUT2D eigenvalue weighted by Crippen LogP contribution is -2.25. The Hall–Kier alpha value is -1.34. The van der Waals surface area contributed by atoms with Crippen molar-refractivity contribution in [2.45, 2.75) is 45.3 Å². The number of thioether (sulfide) groups is 1. The smallest absolute Gasteiger partial charge is 0.306 e. The Bertz CT molecular complexity index is 762. The summed E-state index contributed by atoms with van der Waals surface area (Å²) < 4.78 is 6.35. The van der Waals surface area contributed by atoms with E-state index in [1.54, 1.807) is 15.9 Å². The maximum Gasteiger partial charge on any atom is 0.306 e. The lowest BCUT2D eigenvalue weighted by Gasteiger charge is -2.15. The Labute approximate surface area is 137 Å². The minimum atomic E-state index is -0.255. The van der Waals surface area contributed by atoms with Crippen molar-refractivity contribution < 1.29 is 9.53 Å². The zero-order valence-corrected chi connectivity index (χ0v) is 15.1. The zero-order valence-electron chi connectivity index (χ0n) is 13.4. The second-order valence-electron chi connectivity index (χ2n) is 5.30. The lowest BCUT2D eigenvalue weighted by atomic mass is 10.2. The molecule has 2 aromatic rings. The van der Waals surface area contributed by atoms with Gasteiger partial charge in [0, 0.05) is 16.7 Å². The summed E-state index contributed by atoms with van der Waals surface area (Å²) in [6, 6.07) is 0.0182. The number of nitrogens with zero attached hydrogens (tertiary/aromatic N) is 2. The van der Waals surface area contributed by atoms with E-state index in [4.69, 9.17) is 0 Å². The van der Waals surface area contributed by atoms with Crippen molar-refractivity contribution in [3.63, 3.8) is 0 Å². The second-order valence-corrected chi connectivity index (χ2v) is 7.57. The van der Waals surface area contributed by atoms with Gasteiger partial charge in [0.25, 0.3) is 5.56 Å². The van der Waals surface area contributed by atoms with Gasteiger partial charge in [0.05, 0.1) is 18.9 Å². The molecule has 0 bridgehead atoms. The average molecular weight is 340 g/mol. The van der Waals surface area contributed by atoms with Gasteiger partial charge < -0.3 is 4.74 Å². The average Bonchev–Trinajstić information content (AvgIpc) is 2.73. The summed E-state index contributed by atoms with van der Waals surface area (Å²) in [5, 5.41) is 1.38. The van der Waals surface area contributed by atoms with Gasteiger partial charge in [0.1, 0.15) is 4.83 Å². The quantitative estimate of drug-likeness (QED) is 0.475. The number of aryl methyl sites for hydroxylation is 2. The van der Waals surface area contributed by atoms with E-state index >= 15 is 0 Å². The Balaban J connectivity index is 2.46. The van der Waals surface area contributed by atoms with E-state index in [2.05, 4.69) is 9.72 Å². The molecule has 0 atom stereocenters. The van der Waals surface area contributed by atoms with Crippen LogP contribution < -0.4 is 5.56 Å². The minimum Gasteiger partial charge on any atom is -0.469 e. The van der Waals surface area contributed by atoms with Crippen molar-refractivity contribution in [3.8, 4) is 0 Å². The third-order valence-corrected chi connectivity index (χ3v) is 5.54. The first kappa shape index (κ1) is 17.0. The second kappa shape index (κ2) is 6.83. The van der Waals surface area contributed by atoms with Gasteiger partial charge in [-0.05, 0) is 33.3 Å². The van der Waals surface area contributed by atoms with Gasteiger partial charge in [0.2, 0.25) is 0 Å². The normalized spacial score (nSPS) is 11.4. The molecule has 0 aliphatic carbocycles. The van der Waals surface area contributed by atoms with E-state index in [0.717, 1.165) is 15.3 Å². The molecule has 0 aromatic carbocycles. The molecule has 0 N–H and O–H groups in total. The molecular weight excluding hydrogens is 320 g/mol. The highest BCUT2D eigenvalue weighted by molar-refractivity contribution is 7.99. The van der Waals surface area contributed by atoms with Gasteiger partial charge in [-0.2, -0.15) is 0 Å². The third-order valence-electron chi connectivity index (χ3n) is 3.48. The van der Waals surface area contributed by atoms with Crippen LogP contribution in [0.5, 0.6) is 0 Å². The molecule has 7 heteroatoms. The number of fused-ring (bicyclic) bond motifs is 1. The van der Waals surface area contributed by atoms with Crippen LogP contribution in [0.4, 0.5) is 0 Å². The highest BCUT2D eigenvalue weighted by Gasteiger charge is 2.18. The van der Waals surface area contributed by atoms with Gasteiger partial charge in [-0.1, -0.05) is 11.8 Å². The van der Waals surface area contributed by atoms with Crippen LogP contribution in [0.25, 0.3) is 10.2 Å². The molecule has 0 radical (unpaired) electrons. The number of rotatable bonds is 5. The molecule has 22 heavy (non-hydrogen) atoms. The molecule has 0 saturated carbocycles. The van der Waals surface area contributed by atoms with Gasteiger partial charge in [0.15, 0.2) is 5.16 Å². The molecule has 0 unspecified atom stereocenters. The summed E-state index contributed by atoms with van der Waals surface area (Å²) in [5.41, 5.74) is 1.01. The van der Waals surface area contributed by atoms with Gasteiger partial charge in [-0.25, -0.2) is 4.98 Å². The van der Waals surface area contributed by atoms with E-state index in [-0.39, 0.29) is 17.6 Å². The molecule has 2 rings (SSSR count). The summed E-state index contributed by atoms with van der Waals surface area (Å²) in [6.45, 7) is 7.90. The first-order chi connectivity index (χ1) is 10.4. The first-order valence-electron chi connectivity index (χ1n) is 7.08. The Kier molecular flexibility index (Phi) is 5.28. The summed E-state index contributed by atoms with van der Waals surface area (Å²) >= 11 is 2.96. The third kappa shape index (κ3) is 3.20. The molecule has 0 aliphatic rings. The van der Waals surface area contributed by atoms with Gasteiger partial charge in [-0.15, -0.1) is 11.3 Å². The summed E-state index contributed by atoms with van der Waals surface area (Å²) in [5.74, 6) is 0.288. The number of hydrogen-bond acceptors (Lipinski definition) is 6. The van der Waals surface area contributed by atoms with Crippen LogP contribution in [0.1, 0.15) is 36.8 Å². The van der Waals surface area contributed by atoms with E-state index in [1.165, 1.54) is 18.9 Å². The molecule has 2 aromatic heterocycles. The Morgan fingerprint density at radius 1 is 1.41 bits per heavy atom. The van der Waals surface area contributed by atoms with Crippen LogP contribution in [0.2, 0.25) is 0 Å². The summed E-state index contributed by atoms with van der Waals surface area (Å²) in [7, 11) is 1.37. The fourth-order valence-electron chi connectivity index (χ4n) is 2.17. The predicted octanol–water partition coefficient (Wildman–Crippen LogP) is 3.31. The summed E-state index contributed by atoms with van der Waals surface area (Å²) in [4.78, 5) is 30.6. The number of carbonyl (C=O) groups is 1. The molecule has 0 fully saturated rings. The number of esters is 1. The zero-order chi connectivity index (χ0) is 16.4. The van der Waals surface area contributed by atoms with Crippen molar-refractivity contribution in [3.05, 3.63) is 20.8 Å². The van der Waals surface area contributed by atoms with E-state index in [0.29, 0.717) is 22.7 Å². The number of hydrogen-bond donors (Lipinski definition) is 0. The molecule has 0 aliphatic heterocycles. The Morgan fingerprint density at radius 2 is 2.09 bits per heavy atom. The molecule has 0 amide bonds. The SMILES string of the molecule is COC(=O)CCSc1nc2sc(C)c(C)c2c(=O)n1C(C)C. The van der Waals surface area contributed by atoms with Crippen molar-refractivity contribution in [1.82, 2.24) is 9.55 Å². The Morgan fingerprint density at radius 3 is 2.68 bits per heavy atom. The van der Waals surface area contributed by atoms with E-state index < -0.39 is 0 Å². The monoisotopic (exact) mass is 340 g/mol. The van der Waals surface area contributed by atoms with Crippen molar-refractivity contribution in [2.75, 3.05) is 12.9 Å². The molecule has 0 saturated heterocycles. The number of ether oxygens (including phenoxy) is 1. The molecule has 0 spiro atoms. The molecule has 2 heterocycles. The maximum absolute atomic E-state index is 12.8. The minimum absolute atomic E-state index is 0.00224. The van der Waals surface area contributed by atoms with Crippen LogP contribution in [0, 0.1) is 13.8 Å². The lowest BCUT2D eigenvalue weighted by molar-refractivity contribution is -0.140. The summed E-state index contributed by atoms with van der Waals surface area (Å²) in [6.07, 6.45) is 0.301. The highest BCUT2D eigenvalue weighted by atomic mass is 32.2. The number of methoxy groups -OCH3 is 1. The van der Waals surface area contributed by atoms with Crippen LogP contribution in [-0.2, 0) is 9.53 Å². The fourth-order valence-corrected chi connectivity index (χ4v) is 4.29. The predicted molar refractivity (Wildman–Crippen MR) is 91.1 cm³/mol. The van der Waals surface area contributed by atoms with Gasteiger partial charge >= 0.3 is 5.97 Å². The van der Waals surface area contributed by atoms with Crippen molar-refractivity contribution in [2.24, 2.45) is 0 Å². The first-order valence-corrected chi connectivity index (χ1v) is 8.88. The van der Waals surface area contributed by atoms with Gasteiger partial charge in [-0.3, -0.25) is 14.2 Å². The van der Waals surface area contributed by atoms with E-state index in [9.17, 15) is 9.59 Å².